The van der Waals surface area contributed by atoms with Crippen molar-refractivity contribution in [3.63, 3.8) is 0 Å². The maximum atomic E-state index is 12.2. The van der Waals surface area contributed by atoms with Gasteiger partial charge in [-0.05, 0) is 12.0 Å². The van der Waals surface area contributed by atoms with Crippen LogP contribution in [0.3, 0.4) is 0 Å². The molecular formula is C16H24N2O2. The number of nitrogens with one attached hydrogen (secondary N) is 2. The van der Waals surface area contributed by atoms with Gasteiger partial charge in [0.1, 0.15) is 0 Å². The lowest BCUT2D eigenvalue weighted by Crippen LogP contribution is -2.44. The van der Waals surface area contributed by atoms with Crippen molar-refractivity contribution >= 4 is 5.91 Å². The molecule has 1 heterocycles. The van der Waals surface area contributed by atoms with E-state index in [1.54, 1.807) is 0 Å². The maximum Gasteiger partial charge on any atom is 0.222 e. The standard InChI is InChI=1S/C16H24N2O2/c1-2-6-15(13-7-4-3-5-8-13)18-16(19)11-14-12-20-10-9-17-14/h3-5,7-8,14-15,17H,2,6,9-12H2,1H3,(H,18,19). The molecule has 110 valence electrons. The summed E-state index contributed by atoms with van der Waals surface area (Å²) in [7, 11) is 0. The molecule has 1 aliphatic rings. The normalized spacial score (nSPS) is 20.4. The van der Waals surface area contributed by atoms with Crippen LogP contribution in [0.1, 0.15) is 37.8 Å². The average molecular weight is 276 g/mol. The smallest absolute Gasteiger partial charge is 0.222 e. The molecule has 4 nitrogen and oxygen atoms in total. The van der Waals surface area contributed by atoms with Crippen LogP contribution in [0.25, 0.3) is 0 Å². The second-order valence-corrected chi connectivity index (χ2v) is 5.25. The van der Waals surface area contributed by atoms with E-state index >= 15 is 0 Å². The van der Waals surface area contributed by atoms with Gasteiger partial charge >= 0.3 is 0 Å². The number of amides is 1. The molecule has 0 aliphatic carbocycles. The minimum atomic E-state index is 0.0929. The highest BCUT2D eigenvalue weighted by atomic mass is 16.5. The first-order chi connectivity index (χ1) is 9.79. The molecule has 0 aromatic heterocycles. The van der Waals surface area contributed by atoms with E-state index in [1.165, 1.54) is 5.56 Å². The van der Waals surface area contributed by atoms with Gasteiger partial charge in [-0.3, -0.25) is 4.79 Å². The van der Waals surface area contributed by atoms with Gasteiger partial charge in [-0.25, -0.2) is 0 Å². The lowest BCUT2D eigenvalue weighted by molar-refractivity contribution is -0.123. The summed E-state index contributed by atoms with van der Waals surface area (Å²) in [6.07, 6.45) is 2.49. The molecule has 1 aromatic rings. The van der Waals surface area contributed by atoms with Gasteiger partial charge in [-0.1, -0.05) is 43.7 Å². The van der Waals surface area contributed by atoms with Gasteiger partial charge in [0.05, 0.1) is 19.3 Å². The molecule has 0 radical (unpaired) electrons. The third-order valence-corrected chi connectivity index (χ3v) is 3.54. The highest BCUT2D eigenvalue weighted by Crippen LogP contribution is 2.18. The topological polar surface area (TPSA) is 50.4 Å². The fourth-order valence-corrected chi connectivity index (χ4v) is 2.52. The molecule has 4 heteroatoms. The molecule has 1 fully saturated rings. The molecule has 20 heavy (non-hydrogen) atoms. The van der Waals surface area contributed by atoms with E-state index in [9.17, 15) is 4.79 Å². The lowest BCUT2D eigenvalue weighted by Gasteiger charge is -2.25. The molecule has 0 spiro atoms. The summed E-state index contributed by atoms with van der Waals surface area (Å²) in [5.74, 6) is 0.0929. The number of ether oxygens (including phenoxy) is 1. The van der Waals surface area contributed by atoms with Gasteiger partial charge < -0.3 is 15.4 Å². The van der Waals surface area contributed by atoms with Crippen molar-refractivity contribution in [2.45, 2.75) is 38.3 Å². The molecule has 2 atom stereocenters. The van der Waals surface area contributed by atoms with Gasteiger partial charge in [-0.2, -0.15) is 0 Å². The first kappa shape index (κ1) is 15.0. The summed E-state index contributed by atoms with van der Waals surface area (Å²) >= 11 is 0. The minimum absolute atomic E-state index is 0.0929. The summed E-state index contributed by atoms with van der Waals surface area (Å²) in [5.41, 5.74) is 1.18. The zero-order valence-corrected chi connectivity index (χ0v) is 12.1. The summed E-state index contributed by atoms with van der Waals surface area (Å²) in [6, 6.07) is 10.4. The van der Waals surface area contributed by atoms with Gasteiger partial charge in [0.25, 0.3) is 0 Å². The van der Waals surface area contributed by atoms with Crippen LogP contribution in [-0.2, 0) is 9.53 Å². The van der Waals surface area contributed by atoms with Crippen molar-refractivity contribution in [3.05, 3.63) is 35.9 Å². The molecule has 2 unspecified atom stereocenters. The number of rotatable bonds is 6. The zero-order chi connectivity index (χ0) is 14.2. The van der Waals surface area contributed by atoms with Gasteiger partial charge in [0.2, 0.25) is 5.91 Å². The molecular weight excluding hydrogens is 252 g/mol. The molecule has 1 amide bonds. The number of benzene rings is 1. The van der Waals surface area contributed by atoms with Crippen molar-refractivity contribution in [2.24, 2.45) is 0 Å². The Morgan fingerprint density at radius 1 is 1.45 bits per heavy atom. The average Bonchev–Trinajstić information content (AvgIpc) is 2.49. The minimum Gasteiger partial charge on any atom is -0.378 e. The predicted molar refractivity (Wildman–Crippen MR) is 79.5 cm³/mol. The largest absolute Gasteiger partial charge is 0.378 e. The SMILES string of the molecule is CCCC(NC(=O)CC1COCCN1)c1ccccc1. The van der Waals surface area contributed by atoms with E-state index in [0.29, 0.717) is 13.0 Å². The molecule has 2 rings (SSSR count). The Hall–Kier alpha value is -1.39. The Morgan fingerprint density at radius 2 is 2.25 bits per heavy atom. The Labute approximate surface area is 120 Å². The molecule has 1 saturated heterocycles. The first-order valence-electron chi connectivity index (χ1n) is 7.45. The van der Waals surface area contributed by atoms with E-state index in [2.05, 4.69) is 29.7 Å². The summed E-state index contributed by atoms with van der Waals surface area (Å²) < 4.78 is 5.38. The second-order valence-electron chi connectivity index (χ2n) is 5.25. The van der Waals surface area contributed by atoms with E-state index in [4.69, 9.17) is 4.74 Å². The van der Waals surface area contributed by atoms with Gasteiger partial charge in [-0.15, -0.1) is 0 Å². The third-order valence-electron chi connectivity index (χ3n) is 3.54. The van der Waals surface area contributed by atoms with Crippen molar-refractivity contribution in [2.75, 3.05) is 19.8 Å². The number of hydrogen-bond acceptors (Lipinski definition) is 3. The molecule has 2 N–H and O–H groups in total. The highest BCUT2D eigenvalue weighted by molar-refractivity contribution is 5.77. The monoisotopic (exact) mass is 276 g/mol. The number of carbonyl (C=O) groups excluding carboxylic acids is 1. The van der Waals surface area contributed by atoms with Crippen LogP contribution in [0.15, 0.2) is 30.3 Å². The number of hydrogen-bond donors (Lipinski definition) is 2. The Bertz CT molecular complexity index is 402. The van der Waals surface area contributed by atoms with Crippen LogP contribution in [0, 0.1) is 0 Å². The fourth-order valence-electron chi connectivity index (χ4n) is 2.52. The Morgan fingerprint density at radius 3 is 2.90 bits per heavy atom. The zero-order valence-electron chi connectivity index (χ0n) is 12.1. The first-order valence-corrected chi connectivity index (χ1v) is 7.45. The van der Waals surface area contributed by atoms with Gasteiger partial charge in [0.15, 0.2) is 0 Å². The van der Waals surface area contributed by atoms with Crippen LogP contribution >= 0.6 is 0 Å². The van der Waals surface area contributed by atoms with Crippen molar-refractivity contribution in [1.82, 2.24) is 10.6 Å². The van der Waals surface area contributed by atoms with Crippen molar-refractivity contribution in [1.29, 1.82) is 0 Å². The fraction of sp³-hybridized carbons (Fsp3) is 0.562. The van der Waals surface area contributed by atoms with Crippen LogP contribution < -0.4 is 10.6 Å². The summed E-state index contributed by atoms with van der Waals surface area (Å²) in [6.45, 7) is 4.32. The molecule has 1 aromatic carbocycles. The third kappa shape index (κ3) is 4.62. The Kier molecular flexibility index (Phi) is 6.02. The lowest BCUT2D eigenvalue weighted by atomic mass is 10.0. The number of morpholine rings is 1. The summed E-state index contributed by atoms with van der Waals surface area (Å²) in [5, 5.41) is 6.46. The number of carbonyl (C=O) groups is 1. The molecule has 1 aliphatic heterocycles. The Balaban J connectivity index is 1.88. The van der Waals surface area contributed by atoms with Crippen LogP contribution in [0.5, 0.6) is 0 Å². The van der Waals surface area contributed by atoms with E-state index in [0.717, 1.165) is 26.0 Å². The van der Waals surface area contributed by atoms with E-state index < -0.39 is 0 Å². The maximum absolute atomic E-state index is 12.2. The second kappa shape index (κ2) is 8.02. The van der Waals surface area contributed by atoms with Crippen LogP contribution in [0.2, 0.25) is 0 Å². The highest BCUT2D eigenvalue weighted by Gasteiger charge is 2.19. The van der Waals surface area contributed by atoms with Crippen molar-refractivity contribution in [3.8, 4) is 0 Å². The molecule has 0 bridgehead atoms. The van der Waals surface area contributed by atoms with E-state index in [-0.39, 0.29) is 18.0 Å². The van der Waals surface area contributed by atoms with E-state index in [1.807, 2.05) is 18.2 Å². The predicted octanol–water partition coefficient (Wildman–Crippen LogP) is 2.02. The van der Waals surface area contributed by atoms with Gasteiger partial charge in [0, 0.05) is 19.0 Å². The van der Waals surface area contributed by atoms with Crippen LogP contribution in [0.4, 0.5) is 0 Å². The van der Waals surface area contributed by atoms with Crippen molar-refractivity contribution < 1.29 is 9.53 Å². The molecule has 0 saturated carbocycles. The summed E-state index contributed by atoms with van der Waals surface area (Å²) in [4.78, 5) is 12.2. The quantitative estimate of drug-likeness (QED) is 0.836. The van der Waals surface area contributed by atoms with Crippen LogP contribution in [-0.4, -0.2) is 31.7 Å².